The molecule has 21 heavy (non-hydrogen) atoms. The number of ether oxygens (including phenoxy) is 1. The van der Waals surface area contributed by atoms with Gasteiger partial charge in [0.25, 0.3) is 0 Å². The molecule has 0 amide bonds. The first-order chi connectivity index (χ1) is 10.1. The second-order valence-corrected chi connectivity index (χ2v) is 4.50. The van der Waals surface area contributed by atoms with Crippen molar-refractivity contribution < 1.29 is 19.7 Å². The number of allylic oxidation sites excluding steroid dienone is 1. The van der Waals surface area contributed by atoms with E-state index in [1.807, 2.05) is 42.5 Å². The molecule has 0 heterocycles. The average Bonchev–Trinajstić information content (AvgIpc) is 2.50. The van der Waals surface area contributed by atoms with E-state index in [0.717, 1.165) is 5.56 Å². The molecule has 2 aromatic carbocycles. The molecule has 4 heteroatoms. The molecule has 0 unspecified atom stereocenters. The van der Waals surface area contributed by atoms with Crippen LogP contribution in [0.25, 0.3) is 6.08 Å². The molecule has 0 spiro atoms. The fourth-order valence-corrected chi connectivity index (χ4v) is 1.96. The van der Waals surface area contributed by atoms with Crippen LogP contribution in [0.15, 0.2) is 48.5 Å². The van der Waals surface area contributed by atoms with E-state index in [2.05, 4.69) is 4.74 Å². The van der Waals surface area contributed by atoms with Gasteiger partial charge in [-0.15, -0.1) is 0 Å². The van der Waals surface area contributed by atoms with E-state index in [0.29, 0.717) is 12.0 Å². The first kappa shape index (κ1) is 14.7. The maximum Gasteiger partial charge on any atom is 0.338 e. The summed E-state index contributed by atoms with van der Waals surface area (Å²) in [5.41, 5.74) is 1.51. The Bertz CT molecular complexity index is 637. The summed E-state index contributed by atoms with van der Waals surface area (Å²) in [6.45, 7) is 0. The third-order valence-corrected chi connectivity index (χ3v) is 3.06. The highest BCUT2D eigenvalue weighted by molar-refractivity contribution is 5.90. The van der Waals surface area contributed by atoms with Crippen molar-refractivity contribution in [2.45, 2.75) is 6.42 Å². The minimum atomic E-state index is -0.605. The quantitative estimate of drug-likeness (QED) is 0.846. The van der Waals surface area contributed by atoms with E-state index >= 15 is 0 Å². The Morgan fingerprint density at radius 1 is 1.14 bits per heavy atom. The molecule has 0 aliphatic carbocycles. The predicted molar refractivity (Wildman–Crippen MR) is 80.3 cm³/mol. The van der Waals surface area contributed by atoms with Gasteiger partial charge in [-0.05, 0) is 24.1 Å². The zero-order valence-corrected chi connectivity index (χ0v) is 11.6. The molecule has 4 nitrogen and oxygen atoms in total. The standard InChI is InChI=1S/C17H16O4/c1-21-17(20)13-10-15(18)14(16(19)11-13)9-5-8-12-6-3-2-4-7-12/h2-8,10-11,18-19H,9H2,1H3/b8-5-. The van der Waals surface area contributed by atoms with Gasteiger partial charge in [0, 0.05) is 5.56 Å². The fourth-order valence-electron chi connectivity index (χ4n) is 1.96. The third-order valence-electron chi connectivity index (χ3n) is 3.06. The molecule has 0 aromatic heterocycles. The lowest BCUT2D eigenvalue weighted by atomic mass is 10.0. The lowest BCUT2D eigenvalue weighted by molar-refractivity contribution is 0.0599. The first-order valence-electron chi connectivity index (χ1n) is 6.46. The molecule has 0 aliphatic rings. The molecular weight excluding hydrogens is 268 g/mol. The van der Waals surface area contributed by atoms with Crippen LogP contribution in [0.1, 0.15) is 21.5 Å². The highest BCUT2D eigenvalue weighted by Crippen LogP contribution is 2.30. The van der Waals surface area contributed by atoms with E-state index in [1.165, 1.54) is 19.2 Å². The number of hydrogen-bond acceptors (Lipinski definition) is 4. The third kappa shape index (κ3) is 3.63. The number of benzene rings is 2. The molecule has 0 saturated carbocycles. The van der Waals surface area contributed by atoms with Crippen LogP contribution in [0.4, 0.5) is 0 Å². The van der Waals surface area contributed by atoms with Gasteiger partial charge in [-0.2, -0.15) is 0 Å². The van der Waals surface area contributed by atoms with Crippen LogP contribution < -0.4 is 0 Å². The monoisotopic (exact) mass is 284 g/mol. The molecule has 2 aromatic rings. The summed E-state index contributed by atoms with van der Waals surface area (Å²) in [4.78, 5) is 11.4. The highest BCUT2D eigenvalue weighted by atomic mass is 16.5. The zero-order valence-electron chi connectivity index (χ0n) is 11.6. The van der Waals surface area contributed by atoms with Crippen molar-refractivity contribution in [3.63, 3.8) is 0 Å². The number of phenols is 2. The van der Waals surface area contributed by atoms with E-state index in [9.17, 15) is 15.0 Å². The number of rotatable bonds is 4. The van der Waals surface area contributed by atoms with Crippen molar-refractivity contribution in [2.24, 2.45) is 0 Å². The van der Waals surface area contributed by atoms with Crippen molar-refractivity contribution in [1.82, 2.24) is 0 Å². The molecule has 0 atom stereocenters. The molecule has 0 saturated heterocycles. The van der Waals surface area contributed by atoms with Crippen molar-refractivity contribution >= 4 is 12.0 Å². The Kier molecular flexibility index (Phi) is 4.61. The van der Waals surface area contributed by atoms with Crippen molar-refractivity contribution in [3.05, 3.63) is 65.2 Å². The Hall–Kier alpha value is -2.75. The molecule has 0 bridgehead atoms. The van der Waals surface area contributed by atoms with Crippen molar-refractivity contribution in [3.8, 4) is 11.5 Å². The molecule has 0 radical (unpaired) electrons. The molecular formula is C17H16O4. The molecule has 0 aliphatic heterocycles. The lowest BCUT2D eigenvalue weighted by Crippen LogP contribution is -2.01. The maximum atomic E-state index is 11.4. The normalized spacial score (nSPS) is 10.7. The number of phenolic OH excluding ortho intramolecular Hbond substituents is 2. The number of carbonyl (C=O) groups is 1. The van der Waals surface area contributed by atoms with Gasteiger partial charge < -0.3 is 14.9 Å². The molecule has 0 fully saturated rings. The fraction of sp³-hybridized carbons (Fsp3) is 0.118. The topological polar surface area (TPSA) is 66.8 Å². The van der Waals surface area contributed by atoms with Gasteiger partial charge >= 0.3 is 5.97 Å². The summed E-state index contributed by atoms with van der Waals surface area (Å²) >= 11 is 0. The van der Waals surface area contributed by atoms with Crippen molar-refractivity contribution in [2.75, 3.05) is 7.11 Å². The molecule has 2 rings (SSSR count). The van der Waals surface area contributed by atoms with E-state index < -0.39 is 5.97 Å². The van der Waals surface area contributed by atoms with E-state index in [1.54, 1.807) is 0 Å². The SMILES string of the molecule is COC(=O)c1cc(O)c(C/C=C\c2ccccc2)c(O)c1. The van der Waals surface area contributed by atoms with Gasteiger partial charge in [0.05, 0.1) is 12.7 Å². The summed E-state index contributed by atoms with van der Waals surface area (Å²) in [7, 11) is 1.24. The van der Waals surface area contributed by atoms with Gasteiger partial charge in [0.2, 0.25) is 0 Å². The summed E-state index contributed by atoms with van der Waals surface area (Å²) in [5.74, 6) is -0.867. The van der Waals surface area contributed by atoms with Crippen LogP contribution in [0.5, 0.6) is 11.5 Å². The van der Waals surface area contributed by atoms with Crippen LogP contribution in [0.2, 0.25) is 0 Å². The Labute approximate surface area is 122 Å². The maximum absolute atomic E-state index is 11.4. The Morgan fingerprint density at radius 2 is 1.76 bits per heavy atom. The van der Waals surface area contributed by atoms with Crippen LogP contribution in [0.3, 0.4) is 0 Å². The predicted octanol–water partition coefficient (Wildman–Crippen LogP) is 3.14. The first-order valence-corrected chi connectivity index (χ1v) is 6.46. The van der Waals surface area contributed by atoms with E-state index in [4.69, 9.17) is 0 Å². The number of esters is 1. The average molecular weight is 284 g/mol. The van der Waals surface area contributed by atoms with E-state index in [-0.39, 0.29) is 17.1 Å². The number of methoxy groups -OCH3 is 1. The number of carbonyl (C=O) groups excluding carboxylic acids is 1. The highest BCUT2D eigenvalue weighted by Gasteiger charge is 2.13. The number of hydrogen-bond donors (Lipinski definition) is 2. The largest absolute Gasteiger partial charge is 0.507 e. The summed E-state index contributed by atoms with van der Waals surface area (Å²) in [6, 6.07) is 12.3. The van der Waals surface area contributed by atoms with Crippen LogP contribution in [-0.4, -0.2) is 23.3 Å². The van der Waals surface area contributed by atoms with Gasteiger partial charge in [0.15, 0.2) is 0 Å². The van der Waals surface area contributed by atoms with Crippen molar-refractivity contribution in [1.29, 1.82) is 0 Å². The van der Waals surface area contributed by atoms with Gasteiger partial charge in [-0.25, -0.2) is 4.79 Å². The van der Waals surface area contributed by atoms with Crippen LogP contribution in [0, 0.1) is 0 Å². The van der Waals surface area contributed by atoms with Crippen LogP contribution in [-0.2, 0) is 11.2 Å². The second kappa shape index (κ2) is 6.61. The summed E-state index contributed by atoms with van der Waals surface area (Å²) < 4.78 is 4.55. The minimum absolute atomic E-state index is 0.114. The molecule has 2 N–H and O–H groups in total. The summed E-state index contributed by atoms with van der Waals surface area (Å²) in [6.07, 6.45) is 4.09. The smallest absolute Gasteiger partial charge is 0.338 e. The Morgan fingerprint density at radius 3 is 2.33 bits per heavy atom. The van der Waals surface area contributed by atoms with Gasteiger partial charge in [-0.1, -0.05) is 42.5 Å². The second-order valence-electron chi connectivity index (χ2n) is 4.50. The van der Waals surface area contributed by atoms with Gasteiger partial charge in [0.1, 0.15) is 11.5 Å². The lowest BCUT2D eigenvalue weighted by Gasteiger charge is -2.07. The Balaban J connectivity index is 2.17. The summed E-state index contributed by atoms with van der Waals surface area (Å²) in [5, 5.41) is 19.8. The van der Waals surface area contributed by atoms with Crippen LogP contribution >= 0.6 is 0 Å². The molecule has 108 valence electrons. The van der Waals surface area contributed by atoms with Gasteiger partial charge in [-0.3, -0.25) is 0 Å². The minimum Gasteiger partial charge on any atom is -0.507 e. The zero-order chi connectivity index (χ0) is 15.2. The number of aromatic hydroxyl groups is 2.